The first-order valence-corrected chi connectivity index (χ1v) is 9.71. The Morgan fingerprint density at radius 2 is 1.59 bits per heavy atom. The number of amides is 1. The van der Waals surface area contributed by atoms with Crippen molar-refractivity contribution in [2.45, 2.75) is 53.9 Å². The van der Waals surface area contributed by atoms with Crippen LogP contribution >= 0.6 is 0 Å². The largest absolute Gasteiger partial charge is 0.496 e. The Morgan fingerprint density at radius 1 is 1.00 bits per heavy atom. The summed E-state index contributed by atoms with van der Waals surface area (Å²) in [4.78, 5) is 14.9. The van der Waals surface area contributed by atoms with Crippen molar-refractivity contribution in [3.8, 4) is 11.5 Å². The van der Waals surface area contributed by atoms with E-state index in [4.69, 9.17) is 9.47 Å². The summed E-state index contributed by atoms with van der Waals surface area (Å²) in [5.41, 5.74) is 4.13. The Labute approximate surface area is 164 Å². The molecule has 1 aromatic carbocycles. The predicted molar refractivity (Wildman–Crippen MR) is 113 cm³/mol. The van der Waals surface area contributed by atoms with Crippen LogP contribution in [0.25, 0.3) is 0 Å². The van der Waals surface area contributed by atoms with Crippen molar-refractivity contribution >= 4 is 5.91 Å². The molecule has 4 nitrogen and oxygen atoms in total. The van der Waals surface area contributed by atoms with Crippen LogP contribution in [-0.4, -0.2) is 38.1 Å². The molecule has 0 atom stereocenters. The van der Waals surface area contributed by atoms with E-state index in [9.17, 15) is 4.79 Å². The molecular formula is C23H35NO3. The first kappa shape index (κ1) is 22.8. The molecule has 0 spiro atoms. The van der Waals surface area contributed by atoms with Gasteiger partial charge in [-0.1, -0.05) is 23.3 Å². The van der Waals surface area contributed by atoms with Crippen LogP contribution in [0.4, 0.5) is 0 Å². The van der Waals surface area contributed by atoms with Crippen molar-refractivity contribution in [3.05, 3.63) is 46.6 Å². The molecule has 1 rings (SSSR count). The van der Waals surface area contributed by atoms with Crippen molar-refractivity contribution in [2.24, 2.45) is 0 Å². The van der Waals surface area contributed by atoms with Gasteiger partial charge in [0.25, 0.3) is 5.91 Å². The number of carbonyl (C=O) groups excluding carboxylic acids is 1. The van der Waals surface area contributed by atoms with Gasteiger partial charge < -0.3 is 14.4 Å². The smallest absolute Gasteiger partial charge is 0.258 e. The molecular weight excluding hydrogens is 338 g/mol. The Kier molecular flexibility index (Phi) is 9.70. The zero-order valence-electron chi connectivity index (χ0n) is 18.0. The van der Waals surface area contributed by atoms with Gasteiger partial charge in [-0.3, -0.25) is 4.79 Å². The van der Waals surface area contributed by atoms with Gasteiger partial charge in [0.1, 0.15) is 11.5 Å². The standard InChI is InChI=1S/C23H35NO3/c1-8-24(9-2)23(25)22-19(20(26-6)15-16-21(22)27-7)14-13-18(5)12-10-11-17(3)4/h11,13,15-16H,8-10,12,14H2,1-7H3/b18-13+. The summed E-state index contributed by atoms with van der Waals surface area (Å²) in [6.45, 7) is 11.7. The monoisotopic (exact) mass is 373 g/mol. The second-order valence-corrected chi connectivity index (χ2v) is 6.88. The number of nitrogens with zero attached hydrogens (tertiary/aromatic N) is 1. The molecule has 0 aromatic heterocycles. The lowest BCUT2D eigenvalue weighted by molar-refractivity contribution is 0.0768. The number of hydrogen-bond donors (Lipinski definition) is 0. The van der Waals surface area contributed by atoms with Gasteiger partial charge >= 0.3 is 0 Å². The predicted octanol–water partition coefficient (Wildman–Crippen LogP) is 5.42. The van der Waals surface area contributed by atoms with Crippen LogP contribution < -0.4 is 9.47 Å². The highest BCUT2D eigenvalue weighted by Gasteiger charge is 2.23. The number of hydrogen-bond acceptors (Lipinski definition) is 3. The lowest BCUT2D eigenvalue weighted by atomic mass is 9.98. The van der Waals surface area contributed by atoms with Crippen LogP contribution in [0.5, 0.6) is 11.5 Å². The highest BCUT2D eigenvalue weighted by atomic mass is 16.5. The molecule has 0 heterocycles. The molecule has 150 valence electrons. The van der Waals surface area contributed by atoms with Crippen molar-refractivity contribution in [2.75, 3.05) is 27.3 Å². The summed E-state index contributed by atoms with van der Waals surface area (Å²) in [7, 11) is 3.24. The molecule has 1 amide bonds. The molecule has 0 aliphatic carbocycles. The van der Waals surface area contributed by atoms with Crippen LogP contribution in [0.3, 0.4) is 0 Å². The van der Waals surface area contributed by atoms with Gasteiger partial charge in [-0.25, -0.2) is 0 Å². The van der Waals surface area contributed by atoms with Crippen molar-refractivity contribution in [1.29, 1.82) is 0 Å². The minimum absolute atomic E-state index is 0.0126. The molecule has 1 aromatic rings. The van der Waals surface area contributed by atoms with Crippen LogP contribution in [0.2, 0.25) is 0 Å². The molecule has 0 saturated heterocycles. The highest BCUT2D eigenvalue weighted by Crippen LogP contribution is 2.32. The molecule has 27 heavy (non-hydrogen) atoms. The minimum Gasteiger partial charge on any atom is -0.496 e. The Morgan fingerprint density at radius 3 is 2.11 bits per heavy atom. The third-order valence-corrected chi connectivity index (χ3v) is 4.68. The van der Waals surface area contributed by atoms with Crippen LogP contribution in [-0.2, 0) is 6.42 Å². The summed E-state index contributed by atoms with van der Waals surface area (Å²) in [6.07, 6.45) is 7.12. The number of carbonyl (C=O) groups is 1. The van der Waals surface area contributed by atoms with Gasteiger partial charge in [0.2, 0.25) is 0 Å². The Balaban J connectivity index is 3.26. The van der Waals surface area contributed by atoms with Gasteiger partial charge in [0.15, 0.2) is 0 Å². The third-order valence-electron chi connectivity index (χ3n) is 4.68. The number of rotatable bonds is 10. The van der Waals surface area contributed by atoms with E-state index in [0.29, 0.717) is 30.8 Å². The molecule has 0 radical (unpaired) electrons. The van der Waals surface area contributed by atoms with E-state index in [-0.39, 0.29) is 5.91 Å². The average Bonchev–Trinajstić information content (AvgIpc) is 2.65. The lowest BCUT2D eigenvalue weighted by Gasteiger charge is -2.23. The van der Waals surface area contributed by atoms with Gasteiger partial charge in [-0.05, 0) is 66.0 Å². The molecule has 0 N–H and O–H groups in total. The van der Waals surface area contributed by atoms with Crippen molar-refractivity contribution < 1.29 is 14.3 Å². The maximum absolute atomic E-state index is 13.1. The number of methoxy groups -OCH3 is 2. The molecule has 0 saturated carbocycles. The minimum atomic E-state index is -0.0126. The fourth-order valence-corrected chi connectivity index (χ4v) is 3.04. The van der Waals surface area contributed by atoms with Gasteiger partial charge in [0, 0.05) is 18.7 Å². The maximum Gasteiger partial charge on any atom is 0.258 e. The quantitative estimate of drug-likeness (QED) is 0.514. The molecule has 0 aliphatic heterocycles. The highest BCUT2D eigenvalue weighted by molar-refractivity contribution is 5.99. The number of ether oxygens (including phenoxy) is 2. The average molecular weight is 374 g/mol. The summed E-state index contributed by atoms with van der Waals surface area (Å²) in [5, 5.41) is 0. The van der Waals surface area contributed by atoms with Gasteiger partial charge in [-0.2, -0.15) is 0 Å². The van der Waals surface area contributed by atoms with E-state index in [1.165, 1.54) is 11.1 Å². The Bertz CT molecular complexity index is 681. The third kappa shape index (κ3) is 6.46. The maximum atomic E-state index is 13.1. The summed E-state index contributed by atoms with van der Waals surface area (Å²) < 4.78 is 11.1. The molecule has 0 aliphatic rings. The molecule has 0 fully saturated rings. The van der Waals surface area contributed by atoms with E-state index in [0.717, 1.165) is 24.2 Å². The zero-order chi connectivity index (χ0) is 20.4. The molecule has 0 bridgehead atoms. The summed E-state index contributed by atoms with van der Waals surface area (Å²) in [6, 6.07) is 3.68. The number of benzene rings is 1. The fraction of sp³-hybridized carbons (Fsp3) is 0.522. The summed E-state index contributed by atoms with van der Waals surface area (Å²) in [5.74, 6) is 1.30. The fourth-order valence-electron chi connectivity index (χ4n) is 3.04. The number of allylic oxidation sites excluding steroid dienone is 4. The zero-order valence-corrected chi connectivity index (χ0v) is 18.0. The van der Waals surface area contributed by atoms with Crippen LogP contribution in [0, 0.1) is 0 Å². The first-order valence-electron chi connectivity index (χ1n) is 9.71. The van der Waals surface area contributed by atoms with E-state index in [1.54, 1.807) is 14.2 Å². The van der Waals surface area contributed by atoms with Crippen LogP contribution in [0.15, 0.2) is 35.4 Å². The first-order chi connectivity index (χ1) is 12.9. The van der Waals surface area contributed by atoms with E-state index < -0.39 is 0 Å². The summed E-state index contributed by atoms with van der Waals surface area (Å²) >= 11 is 0. The van der Waals surface area contributed by atoms with Gasteiger partial charge in [-0.15, -0.1) is 0 Å². The normalized spacial score (nSPS) is 11.1. The second-order valence-electron chi connectivity index (χ2n) is 6.88. The molecule has 0 unspecified atom stereocenters. The van der Waals surface area contributed by atoms with Crippen LogP contribution in [0.1, 0.15) is 63.4 Å². The Hall–Kier alpha value is -2.23. The van der Waals surface area contributed by atoms with E-state index >= 15 is 0 Å². The topological polar surface area (TPSA) is 38.8 Å². The van der Waals surface area contributed by atoms with Gasteiger partial charge in [0.05, 0.1) is 19.8 Å². The van der Waals surface area contributed by atoms with E-state index in [2.05, 4.69) is 32.9 Å². The van der Waals surface area contributed by atoms with Crippen molar-refractivity contribution in [3.63, 3.8) is 0 Å². The lowest BCUT2D eigenvalue weighted by Crippen LogP contribution is -2.31. The van der Waals surface area contributed by atoms with E-state index in [1.807, 2.05) is 30.9 Å². The second kappa shape index (κ2) is 11.5. The van der Waals surface area contributed by atoms with Crippen molar-refractivity contribution in [1.82, 2.24) is 4.90 Å². The SMILES string of the molecule is CCN(CC)C(=O)c1c(OC)ccc(OC)c1C/C=C(\C)CCC=C(C)C. The molecule has 4 heteroatoms.